The van der Waals surface area contributed by atoms with E-state index in [1.807, 2.05) is 0 Å². The number of hydrogen-bond acceptors (Lipinski definition) is 3. The van der Waals surface area contributed by atoms with Crippen LogP contribution in [0.3, 0.4) is 0 Å². The van der Waals surface area contributed by atoms with E-state index in [9.17, 15) is 13.2 Å². The Labute approximate surface area is 112 Å². The van der Waals surface area contributed by atoms with Gasteiger partial charge in [-0.25, -0.2) is 13.2 Å². The summed E-state index contributed by atoms with van der Waals surface area (Å²) in [5.74, 6) is -1.14. The fourth-order valence-corrected chi connectivity index (χ4v) is 4.49. The molecule has 1 aliphatic rings. The van der Waals surface area contributed by atoms with Crippen LogP contribution in [-0.2, 0) is 10.0 Å². The predicted octanol–water partition coefficient (Wildman–Crippen LogP) is 1.50. The number of nitrogens with one attached hydrogen (secondary N) is 1. The van der Waals surface area contributed by atoms with Gasteiger partial charge in [-0.2, -0.15) is 4.31 Å². The first kappa shape index (κ1) is 14.1. The number of piperidine rings is 1. The Kier molecular flexibility index (Phi) is 3.69. The van der Waals surface area contributed by atoms with Gasteiger partial charge in [0.05, 0.1) is 0 Å². The van der Waals surface area contributed by atoms with Gasteiger partial charge >= 0.3 is 5.97 Å². The van der Waals surface area contributed by atoms with Crippen molar-refractivity contribution < 1.29 is 18.3 Å². The monoisotopic (exact) mass is 286 g/mol. The lowest BCUT2D eigenvalue weighted by molar-refractivity contribution is 0.0690. The molecule has 1 aromatic heterocycles. The van der Waals surface area contributed by atoms with Gasteiger partial charge in [0, 0.05) is 24.3 Å². The van der Waals surface area contributed by atoms with Gasteiger partial charge in [0.2, 0.25) is 10.0 Å². The minimum absolute atomic E-state index is 0.0481. The molecule has 2 rings (SSSR count). The van der Waals surface area contributed by atoms with Crippen molar-refractivity contribution in [1.82, 2.24) is 9.29 Å². The van der Waals surface area contributed by atoms with Crippen molar-refractivity contribution in [3.8, 4) is 0 Å². The fourth-order valence-electron chi connectivity index (χ4n) is 2.57. The van der Waals surface area contributed by atoms with E-state index in [4.69, 9.17) is 5.11 Å². The molecule has 0 bridgehead atoms. The van der Waals surface area contributed by atoms with Crippen LogP contribution in [-0.4, -0.2) is 41.9 Å². The van der Waals surface area contributed by atoms with Gasteiger partial charge in [-0.3, -0.25) is 0 Å². The Hall–Kier alpha value is -1.34. The van der Waals surface area contributed by atoms with Crippen LogP contribution < -0.4 is 0 Å². The number of aromatic nitrogens is 1. The third-order valence-corrected chi connectivity index (χ3v) is 5.67. The van der Waals surface area contributed by atoms with Gasteiger partial charge in [-0.1, -0.05) is 6.42 Å². The van der Waals surface area contributed by atoms with Crippen molar-refractivity contribution in [3.05, 3.63) is 17.0 Å². The molecular formula is C12H18N2O4S. The quantitative estimate of drug-likeness (QED) is 0.881. The normalized spacial score (nSPS) is 17.6. The number of sulfonamides is 1. The molecule has 0 aliphatic carbocycles. The molecule has 0 unspecified atom stereocenters. The summed E-state index contributed by atoms with van der Waals surface area (Å²) in [6, 6.07) is 0. The first-order valence-electron chi connectivity index (χ1n) is 6.28. The van der Waals surface area contributed by atoms with Gasteiger partial charge in [-0.15, -0.1) is 0 Å². The number of carbonyl (C=O) groups is 1. The van der Waals surface area contributed by atoms with E-state index in [0.717, 1.165) is 19.3 Å². The molecule has 1 fully saturated rings. The third kappa shape index (κ3) is 2.40. The van der Waals surface area contributed by atoms with Gasteiger partial charge in [-0.05, 0) is 26.7 Å². The van der Waals surface area contributed by atoms with Crippen molar-refractivity contribution in [1.29, 1.82) is 0 Å². The highest BCUT2D eigenvalue weighted by Crippen LogP contribution is 2.28. The van der Waals surface area contributed by atoms with Crippen LogP contribution in [0.1, 0.15) is 41.0 Å². The zero-order valence-corrected chi connectivity index (χ0v) is 11.9. The molecule has 0 aromatic carbocycles. The van der Waals surface area contributed by atoms with Gasteiger partial charge in [0.15, 0.2) is 0 Å². The maximum absolute atomic E-state index is 12.6. The van der Waals surface area contributed by atoms with E-state index in [1.54, 1.807) is 6.92 Å². The van der Waals surface area contributed by atoms with Crippen LogP contribution in [0, 0.1) is 13.8 Å². The van der Waals surface area contributed by atoms with Crippen molar-refractivity contribution >= 4 is 16.0 Å². The summed E-state index contributed by atoms with van der Waals surface area (Å²) in [5, 5.41) is 9.04. The zero-order chi connectivity index (χ0) is 14.2. The zero-order valence-electron chi connectivity index (χ0n) is 11.1. The number of rotatable bonds is 3. The molecule has 1 saturated heterocycles. The molecule has 1 aliphatic heterocycles. The molecule has 2 heterocycles. The van der Waals surface area contributed by atoms with Gasteiger partial charge in [0.25, 0.3) is 0 Å². The number of carboxylic acid groups (broad SMARTS) is 1. The fraction of sp³-hybridized carbons (Fsp3) is 0.583. The third-order valence-electron chi connectivity index (χ3n) is 3.50. The second-order valence-corrected chi connectivity index (χ2v) is 6.72. The van der Waals surface area contributed by atoms with E-state index < -0.39 is 16.0 Å². The maximum atomic E-state index is 12.6. The Balaban J connectivity index is 2.48. The molecule has 7 heteroatoms. The van der Waals surface area contributed by atoms with Crippen LogP contribution in [0.2, 0.25) is 0 Å². The van der Waals surface area contributed by atoms with Gasteiger partial charge in [0.1, 0.15) is 10.6 Å². The molecular weight excluding hydrogens is 268 g/mol. The summed E-state index contributed by atoms with van der Waals surface area (Å²) in [7, 11) is -3.60. The predicted molar refractivity (Wildman–Crippen MR) is 69.8 cm³/mol. The number of aryl methyl sites for hydroxylation is 1. The molecule has 0 atom stereocenters. The lowest BCUT2D eigenvalue weighted by Crippen LogP contribution is -2.36. The number of aromatic carboxylic acids is 1. The number of H-pyrrole nitrogens is 1. The molecule has 6 nitrogen and oxygen atoms in total. The molecule has 0 radical (unpaired) electrons. The largest absolute Gasteiger partial charge is 0.477 e. The van der Waals surface area contributed by atoms with Crippen LogP contribution in [0.15, 0.2) is 4.90 Å². The molecule has 1 aromatic rings. The second-order valence-electron chi connectivity index (χ2n) is 4.85. The number of nitrogens with zero attached hydrogens (tertiary/aromatic N) is 1. The lowest BCUT2D eigenvalue weighted by atomic mass is 10.2. The molecule has 2 N–H and O–H groups in total. The van der Waals surface area contributed by atoms with E-state index in [0.29, 0.717) is 18.8 Å². The number of aromatic amines is 1. The minimum atomic E-state index is -3.60. The maximum Gasteiger partial charge on any atom is 0.352 e. The Bertz CT molecular complexity index is 597. The SMILES string of the molecule is Cc1[nH]c(C(=O)O)c(C)c1S(=O)(=O)N1CCCCC1. The van der Waals surface area contributed by atoms with E-state index in [2.05, 4.69) is 4.98 Å². The standard InChI is InChI=1S/C12H18N2O4S/c1-8-10(12(15)16)13-9(2)11(8)19(17,18)14-6-4-3-5-7-14/h13H,3-7H2,1-2H3,(H,15,16). The minimum Gasteiger partial charge on any atom is -0.477 e. The molecule has 0 spiro atoms. The molecule has 19 heavy (non-hydrogen) atoms. The van der Waals surface area contributed by atoms with Crippen LogP contribution in [0.4, 0.5) is 0 Å². The summed E-state index contributed by atoms with van der Waals surface area (Å²) >= 11 is 0. The highest BCUT2D eigenvalue weighted by molar-refractivity contribution is 7.89. The topological polar surface area (TPSA) is 90.5 Å². The lowest BCUT2D eigenvalue weighted by Gasteiger charge is -2.26. The average Bonchev–Trinajstić information content (AvgIpc) is 2.66. The Morgan fingerprint density at radius 3 is 2.26 bits per heavy atom. The van der Waals surface area contributed by atoms with Crippen LogP contribution in [0.5, 0.6) is 0 Å². The molecule has 0 amide bonds. The second kappa shape index (κ2) is 4.97. The summed E-state index contributed by atoms with van der Waals surface area (Å²) in [5.41, 5.74) is 0.629. The summed E-state index contributed by atoms with van der Waals surface area (Å²) < 4.78 is 26.6. The highest BCUT2D eigenvalue weighted by atomic mass is 32.2. The molecule has 0 saturated carbocycles. The first-order valence-corrected chi connectivity index (χ1v) is 7.72. The summed E-state index contributed by atoms with van der Waals surface area (Å²) in [4.78, 5) is 13.8. The van der Waals surface area contributed by atoms with E-state index >= 15 is 0 Å². The first-order chi connectivity index (χ1) is 8.85. The van der Waals surface area contributed by atoms with E-state index in [1.165, 1.54) is 11.2 Å². The highest BCUT2D eigenvalue weighted by Gasteiger charge is 2.32. The van der Waals surface area contributed by atoms with Crippen molar-refractivity contribution in [2.75, 3.05) is 13.1 Å². The molecule has 106 valence electrons. The number of carboxylic acids is 1. The van der Waals surface area contributed by atoms with Crippen molar-refractivity contribution in [2.45, 2.75) is 38.0 Å². The van der Waals surface area contributed by atoms with Crippen LogP contribution in [0.25, 0.3) is 0 Å². The van der Waals surface area contributed by atoms with Crippen molar-refractivity contribution in [3.63, 3.8) is 0 Å². The van der Waals surface area contributed by atoms with E-state index in [-0.39, 0.29) is 16.2 Å². The number of hydrogen-bond donors (Lipinski definition) is 2. The smallest absolute Gasteiger partial charge is 0.352 e. The van der Waals surface area contributed by atoms with Crippen LogP contribution >= 0.6 is 0 Å². The summed E-state index contributed by atoms with van der Waals surface area (Å²) in [6.45, 7) is 4.14. The Morgan fingerprint density at radius 1 is 1.21 bits per heavy atom. The van der Waals surface area contributed by atoms with Crippen molar-refractivity contribution in [2.24, 2.45) is 0 Å². The average molecular weight is 286 g/mol. The Morgan fingerprint density at radius 2 is 1.79 bits per heavy atom. The summed E-state index contributed by atoms with van der Waals surface area (Å²) in [6.07, 6.45) is 2.75. The van der Waals surface area contributed by atoms with Gasteiger partial charge < -0.3 is 10.1 Å².